The molecule has 0 spiro atoms. The van der Waals surface area contributed by atoms with Gasteiger partial charge >= 0.3 is 0 Å². The van der Waals surface area contributed by atoms with Crippen molar-refractivity contribution in [1.29, 1.82) is 15.8 Å². The van der Waals surface area contributed by atoms with Crippen LogP contribution in [0.3, 0.4) is 0 Å². The minimum atomic E-state index is 0.540. The van der Waals surface area contributed by atoms with E-state index in [1.54, 1.807) is 0 Å². The molecule has 0 N–H and O–H groups in total. The van der Waals surface area contributed by atoms with Gasteiger partial charge in [0.25, 0.3) is 0 Å². The fourth-order valence-corrected chi connectivity index (χ4v) is 7.55. The van der Waals surface area contributed by atoms with Crippen LogP contribution in [0.15, 0.2) is 152 Å². The fourth-order valence-electron chi connectivity index (χ4n) is 7.55. The van der Waals surface area contributed by atoms with E-state index in [0.717, 1.165) is 77.2 Å². The first-order chi connectivity index (χ1) is 24.7. The maximum absolute atomic E-state index is 10.5. The molecule has 7 aromatic carbocycles. The average molecular weight is 636 g/mol. The summed E-state index contributed by atoms with van der Waals surface area (Å²) in [6.07, 6.45) is 0. The van der Waals surface area contributed by atoms with Crippen LogP contribution in [0.5, 0.6) is 0 Å². The number of fused-ring (bicyclic) bond motifs is 6. The maximum Gasteiger partial charge on any atom is 0.101 e. The minimum absolute atomic E-state index is 0.540. The van der Waals surface area contributed by atoms with Crippen molar-refractivity contribution in [3.8, 4) is 51.8 Å². The summed E-state index contributed by atoms with van der Waals surface area (Å²) in [6.45, 7) is 0. The summed E-state index contributed by atoms with van der Waals surface area (Å²) < 4.78 is 4.39. The van der Waals surface area contributed by atoms with Crippen molar-refractivity contribution < 1.29 is 0 Å². The van der Waals surface area contributed by atoms with E-state index in [1.165, 1.54) is 0 Å². The van der Waals surface area contributed by atoms with Crippen molar-refractivity contribution in [2.75, 3.05) is 0 Å². The Morgan fingerprint density at radius 3 is 1.82 bits per heavy atom. The lowest BCUT2D eigenvalue weighted by atomic mass is 9.92. The van der Waals surface area contributed by atoms with E-state index in [0.29, 0.717) is 16.7 Å². The van der Waals surface area contributed by atoms with Gasteiger partial charge in [0, 0.05) is 32.8 Å². The molecule has 0 aliphatic heterocycles. The van der Waals surface area contributed by atoms with Crippen molar-refractivity contribution >= 4 is 43.6 Å². The Morgan fingerprint density at radius 1 is 0.400 bits per heavy atom. The molecule has 0 aliphatic rings. The highest BCUT2D eigenvalue weighted by Crippen LogP contribution is 2.42. The Balaban J connectivity index is 1.29. The number of rotatable bonds is 4. The van der Waals surface area contributed by atoms with E-state index in [1.807, 2.05) is 91.0 Å². The molecule has 0 aliphatic carbocycles. The quantitative estimate of drug-likeness (QED) is 0.193. The van der Waals surface area contributed by atoms with Gasteiger partial charge in [-0.25, -0.2) is 0 Å². The lowest BCUT2D eigenvalue weighted by molar-refractivity contribution is 1.17. The Hall–Kier alpha value is -7.39. The normalized spacial score (nSPS) is 11.1. The van der Waals surface area contributed by atoms with E-state index < -0.39 is 0 Å². The van der Waals surface area contributed by atoms with Crippen LogP contribution in [-0.2, 0) is 0 Å². The second kappa shape index (κ2) is 11.4. The molecule has 9 rings (SSSR count). The summed E-state index contributed by atoms with van der Waals surface area (Å²) in [5, 5.41) is 34.2. The predicted molar refractivity (Wildman–Crippen MR) is 200 cm³/mol. The molecule has 0 saturated heterocycles. The molecule has 5 heteroatoms. The third kappa shape index (κ3) is 4.24. The highest BCUT2D eigenvalue weighted by atomic mass is 15.0. The molecule has 0 atom stereocenters. The number of para-hydroxylation sites is 3. The average Bonchev–Trinajstić information content (AvgIpc) is 3.70. The van der Waals surface area contributed by atoms with Gasteiger partial charge in [-0.2, -0.15) is 15.8 Å². The Labute approximate surface area is 287 Å². The SMILES string of the molecule is N#Cc1ccc2c(c1)c1ccccc1n2-c1cccc(-c2ccccc2-c2cccc(C#N)c2-n2c3ccccc3c3c(C#N)cccc32)c1. The summed E-state index contributed by atoms with van der Waals surface area (Å²) in [5.74, 6) is 0. The van der Waals surface area contributed by atoms with Crippen LogP contribution in [0.25, 0.3) is 77.2 Å². The van der Waals surface area contributed by atoms with Crippen LogP contribution in [0, 0.1) is 34.0 Å². The number of aromatic nitrogens is 2. The fraction of sp³-hybridized carbons (Fsp3) is 0. The van der Waals surface area contributed by atoms with Crippen molar-refractivity contribution in [3.05, 3.63) is 168 Å². The highest BCUT2D eigenvalue weighted by Gasteiger charge is 2.22. The second-order valence-corrected chi connectivity index (χ2v) is 12.3. The van der Waals surface area contributed by atoms with Crippen molar-refractivity contribution in [2.24, 2.45) is 0 Å². The zero-order valence-corrected chi connectivity index (χ0v) is 26.7. The molecule has 50 heavy (non-hydrogen) atoms. The van der Waals surface area contributed by atoms with Gasteiger partial charge in [-0.05, 0) is 77.4 Å². The van der Waals surface area contributed by atoms with Gasteiger partial charge < -0.3 is 9.13 Å². The predicted octanol–water partition coefficient (Wildman–Crippen LogP) is 10.8. The molecular weight excluding hydrogens is 611 g/mol. The molecule has 0 amide bonds. The van der Waals surface area contributed by atoms with Gasteiger partial charge in [0.05, 0.1) is 56.6 Å². The van der Waals surface area contributed by atoms with Gasteiger partial charge in [0.2, 0.25) is 0 Å². The van der Waals surface area contributed by atoms with Gasteiger partial charge in [0.1, 0.15) is 6.07 Å². The number of hydrogen-bond donors (Lipinski definition) is 0. The molecule has 0 fully saturated rings. The van der Waals surface area contributed by atoms with Crippen molar-refractivity contribution in [2.45, 2.75) is 0 Å². The lowest BCUT2D eigenvalue weighted by Crippen LogP contribution is -2.01. The lowest BCUT2D eigenvalue weighted by Gasteiger charge is -2.19. The van der Waals surface area contributed by atoms with Gasteiger partial charge in [0.15, 0.2) is 0 Å². The highest BCUT2D eigenvalue weighted by molar-refractivity contribution is 6.13. The minimum Gasteiger partial charge on any atom is -0.309 e. The first kappa shape index (κ1) is 28.8. The van der Waals surface area contributed by atoms with Crippen LogP contribution in [0.1, 0.15) is 16.7 Å². The van der Waals surface area contributed by atoms with Crippen molar-refractivity contribution in [1.82, 2.24) is 9.13 Å². The van der Waals surface area contributed by atoms with Gasteiger partial charge in [-0.3, -0.25) is 0 Å². The number of hydrogen-bond acceptors (Lipinski definition) is 3. The van der Waals surface area contributed by atoms with Crippen LogP contribution in [-0.4, -0.2) is 9.13 Å². The number of benzene rings is 7. The molecule has 9 aromatic rings. The van der Waals surface area contributed by atoms with E-state index in [-0.39, 0.29) is 0 Å². The number of nitriles is 3. The Bertz CT molecular complexity index is 2970. The second-order valence-electron chi connectivity index (χ2n) is 12.3. The summed E-state index contributed by atoms with van der Waals surface area (Å²) in [5.41, 5.74) is 11.4. The van der Waals surface area contributed by atoms with Crippen LogP contribution >= 0.6 is 0 Å². The van der Waals surface area contributed by atoms with Crippen LogP contribution in [0.4, 0.5) is 0 Å². The third-order valence-corrected chi connectivity index (χ3v) is 9.63. The van der Waals surface area contributed by atoms with Crippen molar-refractivity contribution in [3.63, 3.8) is 0 Å². The first-order valence-corrected chi connectivity index (χ1v) is 16.3. The van der Waals surface area contributed by atoms with Gasteiger partial charge in [-0.1, -0.05) is 91.0 Å². The number of nitrogens with zero attached hydrogens (tertiary/aromatic N) is 5. The molecule has 230 valence electrons. The molecular formula is C45H25N5. The largest absolute Gasteiger partial charge is 0.309 e. The summed E-state index contributed by atoms with van der Waals surface area (Å²) in [7, 11) is 0. The van der Waals surface area contributed by atoms with E-state index >= 15 is 0 Å². The molecule has 0 saturated carbocycles. The van der Waals surface area contributed by atoms with Crippen LogP contribution in [0.2, 0.25) is 0 Å². The summed E-state index contributed by atoms with van der Waals surface area (Å²) in [6, 6.07) is 57.8. The maximum atomic E-state index is 10.5. The van der Waals surface area contributed by atoms with Gasteiger partial charge in [-0.15, -0.1) is 0 Å². The smallest absolute Gasteiger partial charge is 0.101 e. The molecule has 0 radical (unpaired) electrons. The molecule has 5 nitrogen and oxygen atoms in total. The van der Waals surface area contributed by atoms with E-state index in [9.17, 15) is 15.8 Å². The summed E-state index contributed by atoms with van der Waals surface area (Å²) in [4.78, 5) is 0. The third-order valence-electron chi connectivity index (χ3n) is 9.63. The molecule has 2 heterocycles. The Kier molecular flexibility index (Phi) is 6.56. The van der Waals surface area contributed by atoms with E-state index in [2.05, 4.69) is 88.0 Å². The standard InChI is InChI=1S/C45H25N5/c46-26-29-22-23-42-39(24-29)36-16-3-5-19-40(36)49(42)33-13-7-10-30(25-33)34-14-1-2-15-35(34)37-18-8-12-32(28-48)45(37)50-41-20-6-4-17-38(41)44-31(27-47)11-9-21-43(44)50/h1-25H. The van der Waals surface area contributed by atoms with Crippen LogP contribution < -0.4 is 0 Å². The topological polar surface area (TPSA) is 81.2 Å². The first-order valence-electron chi connectivity index (χ1n) is 16.3. The molecule has 2 aromatic heterocycles. The summed E-state index contributed by atoms with van der Waals surface area (Å²) >= 11 is 0. The molecule has 0 unspecified atom stereocenters. The van der Waals surface area contributed by atoms with E-state index in [4.69, 9.17) is 0 Å². The molecule has 0 bridgehead atoms. The Morgan fingerprint density at radius 2 is 1.02 bits per heavy atom. The zero-order chi connectivity index (χ0) is 33.8. The zero-order valence-electron chi connectivity index (χ0n) is 26.7. The monoisotopic (exact) mass is 635 g/mol.